The lowest BCUT2D eigenvalue weighted by atomic mass is 10.1. The first-order chi connectivity index (χ1) is 11.2. The largest absolute Gasteiger partial charge is 0.341 e. The zero-order chi connectivity index (χ0) is 16.1. The number of benzene rings is 1. The molecule has 0 aliphatic carbocycles. The molecule has 0 N–H and O–H groups in total. The lowest BCUT2D eigenvalue weighted by Crippen LogP contribution is -2.29. The molecule has 0 unspecified atom stereocenters. The van der Waals surface area contributed by atoms with E-state index in [2.05, 4.69) is 10.1 Å². The summed E-state index contributed by atoms with van der Waals surface area (Å²) in [5.41, 5.74) is 2.59. The van der Waals surface area contributed by atoms with Gasteiger partial charge in [-0.1, -0.05) is 6.07 Å². The first kappa shape index (κ1) is 15.0. The molecular formula is C18H18N4O. The minimum atomic E-state index is 0.00736. The normalized spacial score (nSPS) is 10.5. The van der Waals surface area contributed by atoms with Crippen molar-refractivity contribution in [1.82, 2.24) is 19.7 Å². The highest BCUT2D eigenvalue weighted by Gasteiger charge is 2.12. The molecule has 0 atom stereocenters. The summed E-state index contributed by atoms with van der Waals surface area (Å²) in [6.45, 7) is 0.636. The lowest BCUT2D eigenvalue weighted by Gasteiger charge is -2.17. The molecule has 0 fully saturated rings. The van der Waals surface area contributed by atoms with Crippen LogP contribution in [0.15, 0.2) is 67.1 Å². The fourth-order valence-corrected chi connectivity index (χ4v) is 2.33. The molecule has 0 spiro atoms. The number of rotatable bonds is 5. The number of pyridine rings is 1. The van der Waals surface area contributed by atoms with E-state index in [1.165, 1.54) is 0 Å². The van der Waals surface area contributed by atoms with E-state index in [0.717, 1.165) is 17.8 Å². The quantitative estimate of drug-likeness (QED) is 0.728. The zero-order valence-electron chi connectivity index (χ0n) is 13.0. The van der Waals surface area contributed by atoms with Crippen molar-refractivity contribution in [2.45, 2.75) is 6.42 Å². The Hall–Kier alpha value is -2.95. The van der Waals surface area contributed by atoms with Gasteiger partial charge < -0.3 is 4.90 Å². The molecule has 0 aliphatic rings. The van der Waals surface area contributed by atoms with Crippen LogP contribution >= 0.6 is 0 Å². The molecule has 23 heavy (non-hydrogen) atoms. The topological polar surface area (TPSA) is 51.0 Å². The van der Waals surface area contributed by atoms with Crippen molar-refractivity contribution in [2.75, 3.05) is 13.6 Å². The molecule has 0 saturated heterocycles. The summed E-state index contributed by atoms with van der Waals surface area (Å²) in [5, 5.41) is 4.17. The van der Waals surface area contributed by atoms with Gasteiger partial charge in [-0.3, -0.25) is 9.78 Å². The van der Waals surface area contributed by atoms with Crippen LogP contribution in [0, 0.1) is 0 Å². The Labute approximate surface area is 135 Å². The van der Waals surface area contributed by atoms with Crippen molar-refractivity contribution in [3.63, 3.8) is 0 Å². The number of likely N-dealkylation sites (N-methyl/N-ethyl adjacent to an activating group) is 1. The molecule has 116 valence electrons. The molecule has 5 heteroatoms. The molecule has 1 amide bonds. The van der Waals surface area contributed by atoms with Gasteiger partial charge in [0.2, 0.25) is 0 Å². The number of hydrogen-bond acceptors (Lipinski definition) is 3. The Kier molecular flexibility index (Phi) is 4.47. The van der Waals surface area contributed by atoms with Gasteiger partial charge in [-0.2, -0.15) is 5.10 Å². The molecule has 3 rings (SSSR count). The van der Waals surface area contributed by atoms with Crippen LogP contribution in [0.4, 0.5) is 0 Å². The summed E-state index contributed by atoms with van der Waals surface area (Å²) in [6.07, 6.45) is 6.11. The number of carbonyl (C=O) groups is 1. The minimum absolute atomic E-state index is 0.00736. The maximum absolute atomic E-state index is 12.4. The number of amides is 1. The van der Waals surface area contributed by atoms with E-state index in [1.54, 1.807) is 22.0 Å². The minimum Gasteiger partial charge on any atom is -0.341 e. The highest BCUT2D eigenvalue weighted by atomic mass is 16.2. The number of nitrogens with zero attached hydrogens (tertiary/aromatic N) is 4. The van der Waals surface area contributed by atoms with Gasteiger partial charge in [0.05, 0.1) is 5.69 Å². The Morgan fingerprint density at radius 1 is 1.09 bits per heavy atom. The smallest absolute Gasteiger partial charge is 0.253 e. The second-order valence-corrected chi connectivity index (χ2v) is 5.30. The van der Waals surface area contributed by atoms with Crippen molar-refractivity contribution >= 4 is 5.91 Å². The third-order valence-electron chi connectivity index (χ3n) is 3.66. The van der Waals surface area contributed by atoms with Crippen molar-refractivity contribution in [3.05, 3.63) is 78.4 Å². The van der Waals surface area contributed by atoms with E-state index in [0.29, 0.717) is 12.1 Å². The van der Waals surface area contributed by atoms with Crippen LogP contribution < -0.4 is 0 Å². The highest BCUT2D eigenvalue weighted by molar-refractivity contribution is 5.94. The Morgan fingerprint density at radius 3 is 2.57 bits per heavy atom. The van der Waals surface area contributed by atoms with E-state index in [9.17, 15) is 4.79 Å². The van der Waals surface area contributed by atoms with Gasteiger partial charge in [0, 0.05) is 49.9 Å². The van der Waals surface area contributed by atoms with Crippen LogP contribution in [0.3, 0.4) is 0 Å². The SMILES string of the molecule is CN(CCc1ccccn1)C(=O)c1ccc(-n2cccn2)cc1. The van der Waals surface area contributed by atoms with E-state index < -0.39 is 0 Å². The van der Waals surface area contributed by atoms with Crippen LogP contribution in [-0.2, 0) is 6.42 Å². The van der Waals surface area contributed by atoms with Crippen molar-refractivity contribution < 1.29 is 4.79 Å². The molecular weight excluding hydrogens is 288 g/mol. The number of carbonyl (C=O) groups excluding carboxylic acids is 1. The molecule has 2 aromatic heterocycles. The monoisotopic (exact) mass is 306 g/mol. The summed E-state index contributed by atoms with van der Waals surface area (Å²) >= 11 is 0. The van der Waals surface area contributed by atoms with E-state index in [4.69, 9.17) is 0 Å². The highest BCUT2D eigenvalue weighted by Crippen LogP contribution is 2.10. The Bertz CT molecular complexity index is 751. The van der Waals surface area contributed by atoms with E-state index >= 15 is 0 Å². The second kappa shape index (κ2) is 6.87. The van der Waals surface area contributed by atoms with Gasteiger partial charge in [-0.15, -0.1) is 0 Å². The summed E-state index contributed by atoms with van der Waals surface area (Å²) in [5.74, 6) is 0.00736. The molecule has 0 aliphatic heterocycles. The zero-order valence-corrected chi connectivity index (χ0v) is 13.0. The van der Waals surface area contributed by atoms with Crippen molar-refractivity contribution in [2.24, 2.45) is 0 Å². The molecule has 1 aromatic carbocycles. The third kappa shape index (κ3) is 3.63. The average molecular weight is 306 g/mol. The van der Waals surface area contributed by atoms with Gasteiger partial charge in [0.15, 0.2) is 0 Å². The van der Waals surface area contributed by atoms with Crippen LogP contribution in [0.2, 0.25) is 0 Å². The Morgan fingerprint density at radius 2 is 1.91 bits per heavy atom. The van der Waals surface area contributed by atoms with Crippen LogP contribution in [0.5, 0.6) is 0 Å². The maximum atomic E-state index is 12.4. The van der Waals surface area contributed by atoms with Crippen molar-refractivity contribution in [3.8, 4) is 5.69 Å². The van der Waals surface area contributed by atoms with Crippen LogP contribution in [0.1, 0.15) is 16.1 Å². The summed E-state index contributed by atoms with van der Waals surface area (Å²) in [7, 11) is 1.81. The molecule has 3 aromatic rings. The fourth-order valence-electron chi connectivity index (χ4n) is 2.33. The van der Waals surface area contributed by atoms with Crippen LogP contribution in [0.25, 0.3) is 5.69 Å². The second-order valence-electron chi connectivity index (χ2n) is 5.30. The predicted molar refractivity (Wildman–Crippen MR) is 88.5 cm³/mol. The van der Waals surface area contributed by atoms with Gasteiger partial charge in [-0.25, -0.2) is 4.68 Å². The van der Waals surface area contributed by atoms with E-state index in [1.807, 2.05) is 61.8 Å². The lowest BCUT2D eigenvalue weighted by molar-refractivity contribution is 0.0796. The standard InChI is InChI=1S/C18H18N4O/c1-21(14-10-16-5-2-3-11-19-16)18(23)15-6-8-17(9-7-15)22-13-4-12-20-22/h2-9,11-13H,10,14H2,1H3. The van der Waals surface area contributed by atoms with Crippen molar-refractivity contribution in [1.29, 1.82) is 0 Å². The van der Waals surface area contributed by atoms with Gasteiger partial charge in [0.25, 0.3) is 5.91 Å². The molecule has 5 nitrogen and oxygen atoms in total. The van der Waals surface area contributed by atoms with Gasteiger partial charge in [-0.05, 0) is 42.5 Å². The van der Waals surface area contributed by atoms with Gasteiger partial charge >= 0.3 is 0 Å². The van der Waals surface area contributed by atoms with E-state index in [-0.39, 0.29) is 5.91 Å². The first-order valence-corrected chi connectivity index (χ1v) is 7.49. The van der Waals surface area contributed by atoms with Gasteiger partial charge in [0.1, 0.15) is 0 Å². The molecule has 0 radical (unpaired) electrons. The molecule has 2 heterocycles. The first-order valence-electron chi connectivity index (χ1n) is 7.49. The third-order valence-corrected chi connectivity index (χ3v) is 3.66. The predicted octanol–water partition coefficient (Wildman–Crippen LogP) is 2.58. The fraction of sp³-hybridized carbons (Fsp3) is 0.167. The molecule has 0 saturated carbocycles. The summed E-state index contributed by atoms with van der Waals surface area (Å²) < 4.78 is 1.76. The average Bonchev–Trinajstić information content (AvgIpc) is 3.15. The molecule has 0 bridgehead atoms. The summed E-state index contributed by atoms with van der Waals surface area (Å²) in [4.78, 5) is 18.4. The Balaban J connectivity index is 1.63. The van der Waals surface area contributed by atoms with Crippen LogP contribution in [-0.4, -0.2) is 39.2 Å². The maximum Gasteiger partial charge on any atom is 0.253 e. The summed E-state index contributed by atoms with van der Waals surface area (Å²) in [6, 6.07) is 15.1. The number of aromatic nitrogens is 3. The number of hydrogen-bond donors (Lipinski definition) is 0.